The van der Waals surface area contributed by atoms with Gasteiger partial charge in [0.25, 0.3) is 0 Å². The van der Waals surface area contributed by atoms with Crippen LogP contribution in [0.5, 0.6) is 0 Å². The molecule has 0 spiro atoms. The number of carboxylic acids is 1. The predicted molar refractivity (Wildman–Crippen MR) is 49.2 cm³/mol. The SMILES string of the molecule is C=CCN.O=C(O)Cc1ncc[nH]1. The van der Waals surface area contributed by atoms with Crippen LogP contribution in [-0.2, 0) is 11.2 Å². The summed E-state index contributed by atoms with van der Waals surface area (Å²) in [5.74, 6) is -0.382. The molecule has 4 N–H and O–H groups in total. The summed E-state index contributed by atoms with van der Waals surface area (Å²) in [7, 11) is 0. The van der Waals surface area contributed by atoms with Crippen LogP contribution in [0.4, 0.5) is 0 Å². The van der Waals surface area contributed by atoms with E-state index in [1.807, 2.05) is 0 Å². The van der Waals surface area contributed by atoms with Crippen LogP contribution in [0.2, 0.25) is 0 Å². The number of aromatic amines is 1. The number of nitrogens with one attached hydrogen (secondary N) is 1. The van der Waals surface area contributed by atoms with Gasteiger partial charge in [0.1, 0.15) is 12.2 Å². The van der Waals surface area contributed by atoms with Gasteiger partial charge in [0.2, 0.25) is 0 Å². The number of carbonyl (C=O) groups is 1. The van der Waals surface area contributed by atoms with E-state index in [0.29, 0.717) is 12.4 Å². The number of nitrogens with zero attached hydrogens (tertiary/aromatic N) is 1. The highest BCUT2D eigenvalue weighted by molar-refractivity contribution is 5.68. The average Bonchev–Trinajstić information content (AvgIpc) is 2.56. The Labute approximate surface area is 76.3 Å². The number of aromatic nitrogens is 2. The number of hydrogen-bond acceptors (Lipinski definition) is 3. The molecule has 13 heavy (non-hydrogen) atoms. The fraction of sp³-hybridized carbons (Fsp3) is 0.250. The van der Waals surface area contributed by atoms with E-state index in [4.69, 9.17) is 10.8 Å². The van der Waals surface area contributed by atoms with Gasteiger partial charge in [-0.3, -0.25) is 4.79 Å². The number of rotatable bonds is 3. The van der Waals surface area contributed by atoms with Crippen LogP contribution in [-0.4, -0.2) is 27.6 Å². The minimum Gasteiger partial charge on any atom is -0.481 e. The highest BCUT2D eigenvalue weighted by Crippen LogP contribution is 1.88. The Kier molecular flexibility index (Phi) is 6.17. The summed E-state index contributed by atoms with van der Waals surface area (Å²) < 4.78 is 0. The summed E-state index contributed by atoms with van der Waals surface area (Å²) in [6, 6.07) is 0. The van der Waals surface area contributed by atoms with E-state index in [9.17, 15) is 4.79 Å². The number of imidazole rings is 1. The standard InChI is InChI=1S/C5H6N2O2.C3H7N/c8-5(9)3-4-6-1-2-7-4;1-2-3-4/h1-2H,3H2,(H,6,7)(H,8,9);2H,1,3-4H2. The van der Waals surface area contributed by atoms with E-state index in [-0.39, 0.29) is 6.42 Å². The maximum atomic E-state index is 10.0. The van der Waals surface area contributed by atoms with E-state index in [2.05, 4.69) is 16.5 Å². The largest absolute Gasteiger partial charge is 0.481 e. The minimum absolute atomic E-state index is 0.0347. The van der Waals surface area contributed by atoms with Gasteiger partial charge >= 0.3 is 5.97 Å². The third-order valence-corrected chi connectivity index (χ3v) is 1.04. The predicted octanol–water partition coefficient (Wildman–Crippen LogP) is 0.168. The zero-order valence-electron chi connectivity index (χ0n) is 7.23. The molecule has 0 unspecified atom stereocenters. The van der Waals surface area contributed by atoms with Gasteiger partial charge < -0.3 is 15.8 Å². The second-order valence-electron chi connectivity index (χ2n) is 2.13. The second-order valence-corrected chi connectivity index (χ2v) is 2.13. The Morgan fingerprint density at radius 3 is 2.77 bits per heavy atom. The Balaban J connectivity index is 0.000000310. The van der Waals surface area contributed by atoms with Crippen molar-refractivity contribution in [3.63, 3.8) is 0 Å². The van der Waals surface area contributed by atoms with Crippen LogP contribution >= 0.6 is 0 Å². The van der Waals surface area contributed by atoms with Crippen molar-refractivity contribution in [2.45, 2.75) is 6.42 Å². The third-order valence-electron chi connectivity index (χ3n) is 1.04. The topological polar surface area (TPSA) is 92.0 Å². The first-order valence-corrected chi connectivity index (χ1v) is 3.71. The van der Waals surface area contributed by atoms with Crippen LogP contribution in [0.25, 0.3) is 0 Å². The van der Waals surface area contributed by atoms with Crippen molar-refractivity contribution < 1.29 is 9.90 Å². The van der Waals surface area contributed by atoms with E-state index >= 15 is 0 Å². The summed E-state index contributed by atoms with van der Waals surface area (Å²) >= 11 is 0. The van der Waals surface area contributed by atoms with Crippen molar-refractivity contribution in [3.05, 3.63) is 30.9 Å². The molecule has 5 heteroatoms. The van der Waals surface area contributed by atoms with Crippen molar-refractivity contribution in [3.8, 4) is 0 Å². The first-order valence-electron chi connectivity index (χ1n) is 3.71. The molecule has 5 nitrogen and oxygen atoms in total. The molecular weight excluding hydrogens is 170 g/mol. The second kappa shape index (κ2) is 7.05. The lowest BCUT2D eigenvalue weighted by Crippen LogP contribution is -2.01. The zero-order valence-corrected chi connectivity index (χ0v) is 7.23. The monoisotopic (exact) mass is 183 g/mol. The summed E-state index contributed by atoms with van der Waals surface area (Å²) in [4.78, 5) is 16.4. The number of hydrogen-bond donors (Lipinski definition) is 3. The average molecular weight is 183 g/mol. The zero-order chi connectivity index (χ0) is 10.1. The summed E-state index contributed by atoms with van der Waals surface area (Å²) in [5.41, 5.74) is 4.91. The lowest BCUT2D eigenvalue weighted by molar-refractivity contribution is -0.136. The molecule has 0 aliphatic carbocycles. The molecule has 0 amide bonds. The minimum atomic E-state index is -0.870. The molecule has 72 valence electrons. The van der Waals surface area contributed by atoms with Gasteiger partial charge in [0.15, 0.2) is 0 Å². The van der Waals surface area contributed by atoms with Gasteiger partial charge in [0.05, 0.1) is 0 Å². The van der Waals surface area contributed by atoms with Crippen molar-refractivity contribution in [2.24, 2.45) is 5.73 Å². The third kappa shape index (κ3) is 6.77. The van der Waals surface area contributed by atoms with Crippen molar-refractivity contribution in [2.75, 3.05) is 6.54 Å². The van der Waals surface area contributed by atoms with E-state index < -0.39 is 5.97 Å². The molecule has 0 aromatic carbocycles. The molecule has 0 aliphatic heterocycles. The Bertz CT molecular complexity index is 244. The molecule has 1 aromatic rings. The van der Waals surface area contributed by atoms with Crippen LogP contribution < -0.4 is 5.73 Å². The molecule has 1 aromatic heterocycles. The number of nitrogens with two attached hydrogens (primary N) is 1. The normalized spacial score (nSPS) is 8.38. The van der Waals surface area contributed by atoms with E-state index in [1.165, 1.54) is 6.20 Å². The van der Waals surface area contributed by atoms with Crippen molar-refractivity contribution in [1.29, 1.82) is 0 Å². The first-order chi connectivity index (χ1) is 6.20. The Morgan fingerprint density at radius 1 is 1.85 bits per heavy atom. The molecule has 0 atom stereocenters. The van der Waals surface area contributed by atoms with Gasteiger partial charge in [-0.1, -0.05) is 6.08 Å². The Hall–Kier alpha value is -1.62. The Morgan fingerprint density at radius 2 is 2.46 bits per heavy atom. The van der Waals surface area contributed by atoms with Gasteiger partial charge in [-0.15, -0.1) is 6.58 Å². The smallest absolute Gasteiger partial charge is 0.311 e. The van der Waals surface area contributed by atoms with Gasteiger partial charge in [-0.25, -0.2) is 4.98 Å². The number of aliphatic carboxylic acids is 1. The van der Waals surface area contributed by atoms with Crippen molar-refractivity contribution in [1.82, 2.24) is 9.97 Å². The molecule has 0 bridgehead atoms. The number of H-pyrrole nitrogens is 1. The maximum Gasteiger partial charge on any atom is 0.311 e. The van der Waals surface area contributed by atoms with E-state index in [1.54, 1.807) is 12.3 Å². The van der Waals surface area contributed by atoms with Crippen LogP contribution in [0.15, 0.2) is 25.0 Å². The van der Waals surface area contributed by atoms with Crippen LogP contribution in [0.3, 0.4) is 0 Å². The summed E-state index contributed by atoms with van der Waals surface area (Å²) in [6.45, 7) is 3.94. The fourth-order valence-electron chi connectivity index (χ4n) is 0.538. The van der Waals surface area contributed by atoms with Gasteiger partial charge in [-0.2, -0.15) is 0 Å². The lowest BCUT2D eigenvalue weighted by atomic mass is 10.4. The molecule has 1 heterocycles. The highest BCUT2D eigenvalue weighted by Gasteiger charge is 1.99. The first kappa shape index (κ1) is 11.4. The maximum absolute atomic E-state index is 10.0. The fourth-order valence-corrected chi connectivity index (χ4v) is 0.538. The lowest BCUT2D eigenvalue weighted by Gasteiger charge is -1.85. The highest BCUT2D eigenvalue weighted by atomic mass is 16.4. The molecule has 1 rings (SSSR count). The van der Waals surface area contributed by atoms with Crippen LogP contribution in [0, 0.1) is 0 Å². The molecule has 0 saturated carbocycles. The van der Waals surface area contributed by atoms with Crippen LogP contribution in [0.1, 0.15) is 5.82 Å². The quantitative estimate of drug-likeness (QED) is 0.582. The van der Waals surface area contributed by atoms with Gasteiger partial charge in [-0.05, 0) is 0 Å². The molecular formula is C8H13N3O2. The van der Waals surface area contributed by atoms with Gasteiger partial charge in [0, 0.05) is 18.9 Å². The summed E-state index contributed by atoms with van der Waals surface area (Å²) in [6.07, 6.45) is 4.74. The molecule has 0 fully saturated rings. The molecule has 0 radical (unpaired) electrons. The van der Waals surface area contributed by atoms with Crippen molar-refractivity contribution >= 4 is 5.97 Å². The number of carboxylic acid groups (broad SMARTS) is 1. The summed E-state index contributed by atoms with van der Waals surface area (Å²) in [5, 5.41) is 8.23. The van der Waals surface area contributed by atoms with E-state index in [0.717, 1.165) is 0 Å². The molecule has 0 aliphatic rings. The molecule has 0 saturated heterocycles.